The molecule has 2 aromatic rings. The lowest BCUT2D eigenvalue weighted by molar-refractivity contribution is 0.439. The third kappa shape index (κ3) is 3.61. The zero-order valence-electron chi connectivity index (χ0n) is 10.6. The summed E-state index contributed by atoms with van der Waals surface area (Å²) in [4.78, 5) is 0. The van der Waals surface area contributed by atoms with Gasteiger partial charge in [0, 0.05) is 4.47 Å². The molecule has 3 N–H and O–H groups in total. The minimum Gasteiger partial charge on any atom is -0.271 e. The van der Waals surface area contributed by atoms with E-state index in [-0.39, 0.29) is 12.0 Å². The van der Waals surface area contributed by atoms with E-state index in [0.29, 0.717) is 10.0 Å². The van der Waals surface area contributed by atoms with Crippen molar-refractivity contribution >= 4 is 15.9 Å². The number of hydrogen-bond donors (Lipinski definition) is 2. The molecular weight excluding hydrogens is 352 g/mol. The number of nitrogens with one attached hydrogen (secondary N) is 1. The molecule has 0 saturated heterocycles. The summed E-state index contributed by atoms with van der Waals surface area (Å²) in [6.45, 7) is 0. The van der Waals surface area contributed by atoms with Crippen molar-refractivity contribution in [3.63, 3.8) is 0 Å². The first-order valence-electron chi connectivity index (χ1n) is 5.97. The Hall–Kier alpha value is -1.44. The Kier molecular flexibility index (Phi) is 4.97. The van der Waals surface area contributed by atoms with Crippen molar-refractivity contribution in [2.75, 3.05) is 0 Å². The van der Waals surface area contributed by atoms with E-state index in [1.54, 1.807) is 0 Å². The lowest BCUT2D eigenvalue weighted by atomic mass is 9.99. The molecule has 21 heavy (non-hydrogen) atoms. The van der Waals surface area contributed by atoms with Gasteiger partial charge in [-0.05, 0) is 47.9 Å². The second kappa shape index (κ2) is 6.55. The number of rotatable bonds is 4. The smallest absolute Gasteiger partial charge is 0.194 e. The van der Waals surface area contributed by atoms with Crippen molar-refractivity contribution in [1.82, 2.24) is 5.43 Å². The van der Waals surface area contributed by atoms with E-state index >= 15 is 0 Å². The molecule has 0 aliphatic carbocycles. The average molecular weight is 363 g/mol. The Labute approximate surface area is 127 Å². The van der Waals surface area contributed by atoms with Gasteiger partial charge in [-0.25, -0.2) is 17.6 Å². The van der Waals surface area contributed by atoms with E-state index in [0.717, 1.165) is 12.1 Å². The lowest BCUT2D eigenvalue weighted by Gasteiger charge is -2.18. The zero-order valence-corrected chi connectivity index (χ0v) is 12.2. The van der Waals surface area contributed by atoms with Crippen LogP contribution in [0.5, 0.6) is 0 Å². The SMILES string of the molecule is NNC(Cc1cc(F)ccc1Br)c1cc(F)c(F)c(F)c1. The van der Waals surface area contributed by atoms with Crippen LogP contribution in [-0.2, 0) is 6.42 Å². The van der Waals surface area contributed by atoms with E-state index in [1.165, 1.54) is 18.2 Å². The van der Waals surface area contributed by atoms with Crippen LogP contribution in [0.4, 0.5) is 17.6 Å². The molecule has 0 amide bonds. The Morgan fingerprint density at radius 2 is 1.67 bits per heavy atom. The highest BCUT2D eigenvalue weighted by Gasteiger charge is 2.18. The zero-order chi connectivity index (χ0) is 15.6. The van der Waals surface area contributed by atoms with Gasteiger partial charge in [-0.3, -0.25) is 11.3 Å². The quantitative estimate of drug-likeness (QED) is 0.376. The number of halogens is 5. The Bertz CT molecular complexity index is 640. The first kappa shape index (κ1) is 15.9. The molecule has 0 radical (unpaired) electrons. The van der Waals surface area contributed by atoms with Crippen LogP contribution in [0, 0.1) is 23.3 Å². The average Bonchev–Trinajstić information content (AvgIpc) is 2.45. The standard InChI is InChI=1S/C14H11BrF4N2/c15-10-2-1-9(16)3-7(10)6-13(21-20)8-4-11(17)14(19)12(18)5-8/h1-5,13,21H,6,20H2. The molecule has 0 bridgehead atoms. The van der Waals surface area contributed by atoms with E-state index in [2.05, 4.69) is 21.4 Å². The van der Waals surface area contributed by atoms with Crippen LogP contribution in [0.2, 0.25) is 0 Å². The molecule has 0 aliphatic rings. The molecular formula is C14H11BrF4N2. The first-order valence-corrected chi connectivity index (χ1v) is 6.76. The third-order valence-electron chi connectivity index (χ3n) is 3.04. The number of benzene rings is 2. The topological polar surface area (TPSA) is 38.0 Å². The van der Waals surface area contributed by atoms with Gasteiger partial charge in [0.15, 0.2) is 17.5 Å². The van der Waals surface area contributed by atoms with Crippen molar-refractivity contribution in [2.24, 2.45) is 5.84 Å². The summed E-state index contributed by atoms with van der Waals surface area (Å²) in [5.41, 5.74) is 3.08. The van der Waals surface area contributed by atoms with Crippen LogP contribution in [0.15, 0.2) is 34.8 Å². The molecule has 1 unspecified atom stereocenters. The predicted octanol–water partition coefficient (Wildman–Crippen LogP) is 3.75. The van der Waals surface area contributed by atoms with Gasteiger partial charge in [0.1, 0.15) is 5.82 Å². The monoisotopic (exact) mass is 362 g/mol. The molecule has 0 aliphatic heterocycles. The van der Waals surface area contributed by atoms with Gasteiger partial charge in [0.2, 0.25) is 0 Å². The lowest BCUT2D eigenvalue weighted by Crippen LogP contribution is -2.30. The fraction of sp³-hybridized carbons (Fsp3) is 0.143. The minimum absolute atomic E-state index is 0.130. The first-order chi connectivity index (χ1) is 9.92. The summed E-state index contributed by atoms with van der Waals surface area (Å²) in [7, 11) is 0. The second-order valence-electron chi connectivity index (χ2n) is 4.46. The predicted molar refractivity (Wildman–Crippen MR) is 74.2 cm³/mol. The second-order valence-corrected chi connectivity index (χ2v) is 5.31. The van der Waals surface area contributed by atoms with E-state index in [1.807, 2.05) is 0 Å². The molecule has 2 nitrogen and oxygen atoms in total. The van der Waals surface area contributed by atoms with Crippen LogP contribution < -0.4 is 11.3 Å². The van der Waals surface area contributed by atoms with Crippen molar-refractivity contribution in [3.05, 3.63) is 69.2 Å². The molecule has 0 fully saturated rings. The summed E-state index contributed by atoms with van der Waals surface area (Å²) in [5, 5.41) is 0. The highest BCUT2D eigenvalue weighted by atomic mass is 79.9. The Morgan fingerprint density at radius 1 is 1.05 bits per heavy atom. The van der Waals surface area contributed by atoms with Crippen LogP contribution in [-0.4, -0.2) is 0 Å². The van der Waals surface area contributed by atoms with E-state index in [4.69, 9.17) is 5.84 Å². The maximum Gasteiger partial charge on any atom is 0.194 e. The van der Waals surface area contributed by atoms with Crippen molar-refractivity contribution in [3.8, 4) is 0 Å². The fourth-order valence-corrected chi connectivity index (χ4v) is 2.38. The van der Waals surface area contributed by atoms with Crippen LogP contribution in [0.1, 0.15) is 17.2 Å². The van der Waals surface area contributed by atoms with Gasteiger partial charge in [-0.2, -0.15) is 0 Å². The number of hydrazine groups is 1. The van der Waals surface area contributed by atoms with Crippen LogP contribution in [0.3, 0.4) is 0 Å². The molecule has 2 rings (SSSR count). The van der Waals surface area contributed by atoms with Gasteiger partial charge < -0.3 is 0 Å². The summed E-state index contributed by atoms with van der Waals surface area (Å²) in [6.07, 6.45) is 0.166. The third-order valence-corrected chi connectivity index (χ3v) is 3.82. The normalized spacial score (nSPS) is 12.5. The Balaban J connectivity index is 2.34. The van der Waals surface area contributed by atoms with Crippen LogP contribution >= 0.6 is 15.9 Å². The number of hydrogen-bond acceptors (Lipinski definition) is 2. The molecule has 0 saturated carbocycles. The molecule has 112 valence electrons. The molecule has 0 heterocycles. The largest absolute Gasteiger partial charge is 0.271 e. The fourth-order valence-electron chi connectivity index (χ4n) is 1.97. The highest BCUT2D eigenvalue weighted by molar-refractivity contribution is 9.10. The minimum atomic E-state index is -1.54. The summed E-state index contributed by atoms with van der Waals surface area (Å²) in [6, 6.07) is 5.09. The maximum atomic E-state index is 13.3. The molecule has 0 spiro atoms. The molecule has 7 heteroatoms. The van der Waals surface area contributed by atoms with Gasteiger partial charge >= 0.3 is 0 Å². The molecule has 1 atom stereocenters. The van der Waals surface area contributed by atoms with E-state index in [9.17, 15) is 17.6 Å². The number of nitrogens with two attached hydrogens (primary N) is 1. The van der Waals surface area contributed by atoms with Gasteiger partial charge in [0.25, 0.3) is 0 Å². The molecule has 2 aromatic carbocycles. The highest BCUT2D eigenvalue weighted by Crippen LogP contribution is 2.26. The van der Waals surface area contributed by atoms with Gasteiger partial charge in [0.05, 0.1) is 6.04 Å². The van der Waals surface area contributed by atoms with E-state index < -0.39 is 29.3 Å². The summed E-state index contributed by atoms with van der Waals surface area (Å²) < 4.78 is 53.4. The van der Waals surface area contributed by atoms with Crippen LogP contribution in [0.25, 0.3) is 0 Å². The summed E-state index contributed by atoms with van der Waals surface area (Å²) >= 11 is 3.26. The van der Waals surface area contributed by atoms with Crippen molar-refractivity contribution < 1.29 is 17.6 Å². The maximum absolute atomic E-state index is 13.3. The van der Waals surface area contributed by atoms with Crippen molar-refractivity contribution in [2.45, 2.75) is 12.5 Å². The Morgan fingerprint density at radius 3 is 2.24 bits per heavy atom. The molecule has 0 aromatic heterocycles. The van der Waals surface area contributed by atoms with Gasteiger partial charge in [-0.15, -0.1) is 0 Å². The van der Waals surface area contributed by atoms with Crippen molar-refractivity contribution in [1.29, 1.82) is 0 Å². The summed E-state index contributed by atoms with van der Waals surface area (Å²) in [5.74, 6) is 0.792. The van der Waals surface area contributed by atoms with Gasteiger partial charge in [-0.1, -0.05) is 15.9 Å².